The molecule has 0 unspecified atom stereocenters. The van der Waals surface area contributed by atoms with Crippen LogP contribution in [0.1, 0.15) is 49.1 Å². The molecule has 8 heteroatoms. The largest absolute Gasteiger partial charge is 0.346 e. The summed E-state index contributed by atoms with van der Waals surface area (Å²) >= 11 is 0. The van der Waals surface area contributed by atoms with E-state index in [1.807, 2.05) is 49.4 Å². The van der Waals surface area contributed by atoms with E-state index >= 15 is 0 Å². The Morgan fingerprint density at radius 3 is 2.47 bits per heavy atom. The van der Waals surface area contributed by atoms with Gasteiger partial charge in [-0.25, -0.2) is 0 Å². The molecule has 0 radical (unpaired) electrons. The van der Waals surface area contributed by atoms with Crippen LogP contribution in [0.4, 0.5) is 5.69 Å². The first kappa shape index (κ1) is 23.6. The molecule has 4 rings (SSSR count). The smallest absolute Gasteiger partial charge is 0.221 e. The fraction of sp³-hybridized carbons (Fsp3) is 0.385. The van der Waals surface area contributed by atoms with Crippen molar-refractivity contribution in [3.8, 4) is 0 Å². The van der Waals surface area contributed by atoms with Gasteiger partial charge in [-0.3, -0.25) is 14.5 Å². The fourth-order valence-electron chi connectivity index (χ4n) is 4.30. The van der Waals surface area contributed by atoms with Gasteiger partial charge in [-0.05, 0) is 36.6 Å². The topological polar surface area (TPSA) is 92.2 Å². The van der Waals surface area contributed by atoms with Gasteiger partial charge < -0.3 is 15.2 Å². The van der Waals surface area contributed by atoms with Gasteiger partial charge in [0.05, 0.1) is 6.04 Å². The summed E-state index contributed by atoms with van der Waals surface area (Å²) in [5, 5.41) is 14.7. The van der Waals surface area contributed by atoms with E-state index in [4.69, 9.17) is 0 Å². The second-order valence-corrected chi connectivity index (χ2v) is 8.81. The minimum Gasteiger partial charge on any atom is -0.346 e. The number of carbonyl (C=O) groups is 2. The maximum atomic E-state index is 12.5. The highest BCUT2D eigenvalue weighted by Crippen LogP contribution is 2.18. The van der Waals surface area contributed by atoms with Crippen LogP contribution in [-0.4, -0.2) is 44.6 Å². The van der Waals surface area contributed by atoms with E-state index in [2.05, 4.69) is 42.4 Å². The molecule has 0 bridgehead atoms. The number of hydrogen-bond acceptors (Lipinski definition) is 5. The Kier molecular flexibility index (Phi) is 7.69. The molecular weight excluding hydrogens is 428 g/mol. The third-order valence-corrected chi connectivity index (χ3v) is 6.08. The number of amides is 2. The molecule has 8 nitrogen and oxygen atoms in total. The zero-order valence-electron chi connectivity index (χ0n) is 19.8. The van der Waals surface area contributed by atoms with Crippen LogP contribution in [0.25, 0.3) is 0 Å². The monoisotopic (exact) mass is 460 g/mol. The van der Waals surface area contributed by atoms with E-state index in [1.165, 1.54) is 12.5 Å². The van der Waals surface area contributed by atoms with E-state index in [0.29, 0.717) is 6.42 Å². The molecule has 3 aromatic rings. The summed E-state index contributed by atoms with van der Waals surface area (Å²) in [6.07, 6.45) is 1.98. The van der Waals surface area contributed by atoms with Crippen molar-refractivity contribution in [2.45, 2.75) is 52.2 Å². The van der Waals surface area contributed by atoms with Crippen molar-refractivity contribution in [2.24, 2.45) is 0 Å². The molecule has 1 aliphatic rings. The summed E-state index contributed by atoms with van der Waals surface area (Å²) in [7, 11) is 0. The Morgan fingerprint density at radius 2 is 1.74 bits per heavy atom. The highest BCUT2D eigenvalue weighted by atomic mass is 16.2. The first-order valence-electron chi connectivity index (χ1n) is 11.8. The van der Waals surface area contributed by atoms with Crippen LogP contribution in [-0.2, 0) is 35.5 Å². The number of nitrogens with one attached hydrogen (secondary N) is 2. The Hall–Kier alpha value is -3.52. The molecular formula is C26H32N6O2. The number of anilines is 1. The van der Waals surface area contributed by atoms with Crippen LogP contribution < -0.4 is 10.6 Å². The second kappa shape index (κ2) is 11.1. The molecule has 178 valence electrons. The van der Waals surface area contributed by atoms with Gasteiger partial charge in [-0.15, -0.1) is 10.2 Å². The summed E-state index contributed by atoms with van der Waals surface area (Å²) in [4.78, 5) is 26.1. The van der Waals surface area contributed by atoms with Gasteiger partial charge in [-0.1, -0.05) is 42.5 Å². The van der Waals surface area contributed by atoms with Gasteiger partial charge in [0.15, 0.2) is 5.82 Å². The molecule has 1 aliphatic heterocycles. The number of aromatic nitrogens is 3. The van der Waals surface area contributed by atoms with Crippen molar-refractivity contribution in [2.75, 3.05) is 18.4 Å². The molecule has 0 aliphatic carbocycles. The summed E-state index contributed by atoms with van der Waals surface area (Å²) < 4.78 is 2.15. The summed E-state index contributed by atoms with van der Waals surface area (Å²) in [6.45, 7) is 6.86. The zero-order valence-corrected chi connectivity index (χ0v) is 19.8. The normalized spacial score (nSPS) is 14.6. The summed E-state index contributed by atoms with van der Waals surface area (Å²) in [5.41, 5.74) is 3.17. The van der Waals surface area contributed by atoms with Gasteiger partial charge in [-0.2, -0.15) is 0 Å². The van der Waals surface area contributed by atoms with Crippen molar-refractivity contribution in [3.63, 3.8) is 0 Å². The predicted molar refractivity (Wildman–Crippen MR) is 131 cm³/mol. The number of carbonyl (C=O) groups excluding carboxylic acids is 2. The first-order valence-corrected chi connectivity index (χ1v) is 11.8. The number of fused-ring (bicyclic) bond motifs is 1. The first-order chi connectivity index (χ1) is 16.5. The van der Waals surface area contributed by atoms with Gasteiger partial charge in [0, 0.05) is 51.6 Å². The van der Waals surface area contributed by atoms with Crippen LogP contribution in [0.5, 0.6) is 0 Å². The van der Waals surface area contributed by atoms with E-state index in [9.17, 15) is 9.59 Å². The molecule has 2 heterocycles. The average molecular weight is 461 g/mol. The molecule has 2 amide bonds. The van der Waals surface area contributed by atoms with Crippen LogP contribution in [0.3, 0.4) is 0 Å². The Morgan fingerprint density at radius 1 is 0.971 bits per heavy atom. The highest BCUT2D eigenvalue weighted by Gasteiger charge is 2.22. The molecule has 0 fully saturated rings. The van der Waals surface area contributed by atoms with Gasteiger partial charge in [0.25, 0.3) is 0 Å². The molecule has 0 spiro atoms. The quantitative estimate of drug-likeness (QED) is 0.539. The van der Waals surface area contributed by atoms with Crippen molar-refractivity contribution in [1.29, 1.82) is 0 Å². The van der Waals surface area contributed by atoms with Gasteiger partial charge in [0.1, 0.15) is 5.82 Å². The van der Waals surface area contributed by atoms with Crippen molar-refractivity contribution >= 4 is 17.5 Å². The lowest BCUT2D eigenvalue weighted by molar-refractivity contribution is -0.121. The number of nitrogens with zero attached hydrogens (tertiary/aromatic N) is 4. The third-order valence-electron chi connectivity index (χ3n) is 6.08. The predicted octanol–water partition coefficient (Wildman–Crippen LogP) is 3.10. The van der Waals surface area contributed by atoms with E-state index in [-0.39, 0.29) is 17.9 Å². The Bertz CT molecular complexity index is 1110. The Balaban J connectivity index is 1.31. The molecule has 0 saturated carbocycles. The van der Waals surface area contributed by atoms with Gasteiger partial charge in [0.2, 0.25) is 11.8 Å². The average Bonchev–Trinajstić information content (AvgIpc) is 3.14. The number of benzene rings is 2. The van der Waals surface area contributed by atoms with E-state index < -0.39 is 0 Å². The van der Waals surface area contributed by atoms with Crippen LogP contribution in [0.15, 0.2) is 54.6 Å². The molecule has 34 heavy (non-hydrogen) atoms. The van der Waals surface area contributed by atoms with Gasteiger partial charge >= 0.3 is 0 Å². The Labute approximate surface area is 200 Å². The van der Waals surface area contributed by atoms with Crippen LogP contribution in [0.2, 0.25) is 0 Å². The molecule has 0 saturated heterocycles. The van der Waals surface area contributed by atoms with Crippen LogP contribution >= 0.6 is 0 Å². The zero-order chi connectivity index (χ0) is 23.9. The molecule has 1 atom stereocenters. The number of rotatable bonds is 8. The second-order valence-electron chi connectivity index (χ2n) is 8.81. The lowest BCUT2D eigenvalue weighted by atomic mass is 10.1. The lowest BCUT2D eigenvalue weighted by Gasteiger charge is -2.20. The highest BCUT2D eigenvalue weighted by molar-refractivity contribution is 5.88. The summed E-state index contributed by atoms with van der Waals surface area (Å²) in [6, 6.07) is 17.8. The SMILES string of the molecule is CC(=O)Nc1ccc(CN2CCc3nnc([C@@H](C)NC(=O)CCc4ccccc4)n3CC2)cc1. The lowest BCUT2D eigenvalue weighted by Crippen LogP contribution is -2.30. The van der Waals surface area contributed by atoms with Crippen LogP contribution in [0, 0.1) is 0 Å². The van der Waals surface area contributed by atoms with Crippen molar-refractivity contribution in [3.05, 3.63) is 77.4 Å². The fourth-order valence-corrected chi connectivity index (χ4v) is 4.30. The maximum absolute atomic E-state index is 12.5. The standard InChI is InChI=1S/C26H32N6O2/c1-19(27-25(34)13-10-21-6-4-3-5-7-21)26-30-29-24-14-15-31(16-17-32(24)26)18-22-8-11-23(12-9-22)28-20(2)33/h3-9,11-12,19H,10,13-18H2,1-2H3,(H,27,34)(H,28,33)/t19-/m1/s1. The van der Waals surface area contributed by atoms with Crippen molar-refractivity contribution < 1.29 is 9.59 Å². The van der Waals surface area contributed by atoms with Crippen molar-refractivity contribution in [1.82, 2.24) is 25.0 Å². The number of hydrogen-bond donors (Lipinski definition) is 2. The molecule has 2 aromatic carbocycles. The maximum Gasteiger partial charge on any atom is 0.221 e. The van der Waals surface area contributed by atoms with E-state index in [0.717, 1.165) is 61.9 Å². The van der Waals surface area contributed by atoms with E-state index in [1.54, 1.807) is 0 Å². The third kappa shape index (κ3) is 6.29. The minimum absolute atomic E-state index is 0.0201. The minimum atomic E-state index is -0.197. The molecule has 1 aromatic heterocycles. The summed E-state index contributed by atoms with van der Waals surface area (Å²) in [5.74, 6) is 1.72. The molecule has 2 N–H and O–H groups in total. The number of aryl methyl sites for hydroxylation is 1.